The molecule has 25 heavy (non-hydrogen) atoms. The first-order chi connectivity index (χ1) is 11.4. The van der Waals surface area contributed by atoms with Gasteiger partial charge in [0.15, 0.2) is 0 Å². The Morgan fingerprint density at radius 3 is 1.96 bits per heavy atom. The molecule has 0 unspecified atom stereocenters. The van der Waals surface area contributed by atoms with Gasteiger partial charge in [-0.05, 0) is 49.2 Å². The molecule has 0 aromatic heterocycles. The Labute approximate surface area is 144 Å². The van der Waals surface area contributed by atoms with Gasteiger partial charge in [-0.25, -0.2) is 16.8 Å². The van der Waals surface area contributed by atoms with Crippen molar-refractivity contribution in [3.05, 3.63) is 41.5 Å². The molecule has 0 bridgehead atoms. The molecule has 2 aromatic carbocycles. The van der Waals surface area contributed by atoms with Crippen molar-refractivity contribution in [1.29, 1.82) is 0 Å². The molecule has 9 nitrogen and oxygen atoms in total. The summed E-state index contributed by atoms with van der Waals surface area (Å²) in [6.07, 6.45) is 0. The highest BCUT2D eigenvalue weighted by Crippen LogP contribution is 2.30. The summed E-state index contributed by atoms with van der Waals surface area (Å²) in [4.78, 5) is -0.875. The minimum Gasteiger partial charge on any atom is -0.744 e. The zero-order valence-corrected chi connectivity index (χ0v) is 14.8. The Hall–Kier alpha value is -2.34. The predicted molar refractivity (Wildman–Crippen MR) is 86.9 cm³/mol. The van der Waals surface area contributed by atoms with E-state index < -0.39 is 30.0 Å². The van der Waals surface area contributed by atoms with Crippen molar-refractivity contribution < 1.29 is 25.9 Å². The maximum absolute atomic E-state index is 11.2. The van der Waals surface area contributed by atoms with E-state index in [0.717, 1.165) is 12.1 Å². The largest absolute Gasteiger partial charge is 0.744 e. The third-order valence-electron chi connectivity index (χ3n) is 3.31. The molecule has 0 spiro atoms. The van der Waals surface area contributed by atoms with Gasteiger partial charge in [0.1, 0.15) is 25.9 Å². The molecule has 0 saturated carbocycles. The van der Waals surface area contributed by atoms with E-state index in [-0.39, 0.29) is 28.2 Å². The molecule has 0 aliphatic carbocycles. The lowest BCUT2D eigenvalue weighted by molar-refractivity contribution is 0.460. The average molecular weight is 383 g/mol. The summed E-state index contributed by atoms with van der Waals surface area (Å²) in [5.41, 5.74) is 6.19. The van der Waals surface area contributed by atoms with Gasteiger partial charge in [-0.2, -0.15) is 5.11 Å². The maximum atomic E-state index is 11.2. The fourth-order valence-corrected chi connectivity index (χ4v) is 3.53. The SMILES string of the molecule is Cc1ccc(N=Nc2cc(C)c(S(=O)(=O)[O-])cc2N)cc1S(=O)(=O)[O-]. The van der Waals surface area contributed by atoms with Gasteiger partial charge >= 0.3 is 0 Å². The minimum atomic E-state index is -4.67. The van der Waals surface area contributed by atoms with Gasteiger partial charge in [0.2, 0.25) is 0 Å². The molecule has 2 N–H and O–H groups in total. The summed E-state index contributed by atoms with van der Waals surface area (Å²) in [5, 5.41) is 7.62. The number of nitrogens with zero attached hydrogens (tertiary/aromatic N) is 2. The highest BCUT2D eigenvalue weighted by atomic mass is 32.2. The molecule has 11 heteroatoms. The molecule has 2 aromatic rings. The molecule has 0 fully saturated rings. The van der Waals surface area contributed by atoms with Gasteiger partial charge < -0.3 is 14.8 Å². The molecule has 0 radical (unpaired) electrons. The van der Waals surface area contributed by atoms with Crippen molar-refractivity contribution in [1.82, 2.24) is 0 Å². The molecule has 0 atom stereocenters. The Bertz CT molecular complexity index is 1080. The quantitative estimate of drug-likeness (QED) is 0.479. The molecule has 0 aliphatic heterocycles. The number of hydrogen-bond donors (Lipinski definition) is 1. The van der Waals surface area contributed by atoms with Crippen LogP contribution in [0.4, 0.5) is 17.1 Å². The Morgan fingerprint density at radius 1 is 0.840 bits per heavy atom. The highest BCUT2D eigenvalue weighted by molar-refractivity contribution is 7.86. The summed E-state index contributed by atoms with van der Waals surface area (Å²) in [6.45, 7) is 2.87. The van der Waals surface area contributed by atoms with Crippen LogP contribution < -0.4 is 5.73 Å². The van der Waals surface area contributed by atoms with E-state index in [2.05, 4.69) is 10.2 Å². The van der Waals surface area contributed by atoms with E-state index in [0.29, 0.717) is 0 Å². The van der Waals surface area contributed by atoms with Crippen LogP contribution in [0.3, 0.4) is 0 Å². The van der Waals surface area contributed by atoms with Crippen molar-refractivity contribution in [3.8, 4) is 0 Å². The van der Waals surface area contributed by atoms with E-state index in [1.54, 1.807) is 0 Å². The van der Waals surface area contributed by atoms with Crippen molar-refractivity contribution in [2.24, 2.45) is 10.2 Å². The highest BCUT2D eigenvalue weighted by Gasteiger charge is 2.11. The van der Waals surface area contributed by atoms with E-state index in [1.165, 1.54) is 32.0 Å². The maximum Gasteiger partial charge on any atom is 0.124 e. The van der Waals surface area contributed by atoms with Crippen LogP contribution >= 0.6 is 0 Å². The van der Waals surface area contributed by atoms with Gasteiger partial charge in [0.25, 0.3) is 0 Å². The van der Waals surface area contributed by atoms with Crippen LogP contribution in [-0.4, -0.2) is 25.9 Å². The summed E-state index contributed by atoms with van der Waals surface area (Å²) < 4.78 is 66.9. The van der Waals surface area contributed by atoms with Crippen molar-refractivity contribution in [2.45, 2.75) is 23.6 Å². The monoisotopic (exact) mass is 383 g/mol. The normalized spacial score (nSPS) is 12.6. The number of anilines is 1. The topological polar surface area (TPSA) is 165 Å². The van der Waals surface area contributed by atoms with Crippen molar-refractivity contribution in [2.75, 3.05) is 5.73 Å². The second kappa shape index (κ2) is 6.52. The Balaban J connectivity index is 2.46. The number of azo groups is 1. The minimum absolute atomic E-state index is 0.0902. The van der Waals surface area contributed by atoms with Crippen molar-refractivity contribution in [3.63, 3.8) is 0 Å². The third kappa shape index (κ3) is 4.39. The van der Waals surface area contributed by atoms with Crippen LogP contribution in [-0.2, 0) is 20.2 Å². The molecule has 0 amide bonds. The lowest BCUT2D eigenvalue weighted by Gasteiger charge is -2.12. The summed E-state index contributed by atoms with van der Waals surface area (Å²) in [5.74, 6) is 0. The number of nitrogen functional groups attached to an aromatic ring is 1. The van der Waals surface area contributed by atoms with E-state index >= 15 is 0 Å². The number of rotatable bonds is 4. The van der Waals surface area contributed by atoms with Crippen LogP contribution in [0.2, 0.25) is 0 Å². The number of nitrogens with two attached hydrogens (primary N) is 1. The zero-order chi connectivity index (χ0) is 19.0. The average Bonchev–Trinajstić information content (AvgIpc) is 2.46. The lowest BCUT2D eigenvalue weighted by atomic mass is 10.2. The molecular weight excluding hydrogens is 370 g/mol. The Morgan fingerprint density at radius 2 is 1.40 bits per heavy atom. The van der Waals surface area contributed by atoms with E-state index in [4.69, 9.17) is 5.73 Å². The standard InChI is InChI=1S/C14H15N3O6S2/c1-8-3-4-10(6-13(8)24(18,19)20)16-17-12-5-9(2)14(7-11(12)15)25(21,22)23/h3-7H,15H2,1-2H3,(H,18,19,20)(H,21,22,23)/p-2. The van der Waals surface area contributed by atoms with Crippen LogP contribution in [0.15, 0.2) is 50.4 Å². The number of hydrogen-bond acceptors (Lipinski definition) is 9. The molecule has 0 heterocycles. The molecule has 134 valence electrons. The number of benzene rings is 2. The molecular formula is C14H13N3O6S2-2. The van der Waals surface area contributed by atoms with E-state index in [1.807, 2.05) is 0 Å². The van der Waals surface area contributed by atoms with Crippen LogP contribution in [0.5, 0.6) is 0 Å². The number of aryl methyl sites for hydroxylation is 2. The summed E-state index contributed by atoms with van der Waals surface area (Å²) in [6, 6.07) is 6.17. The molecule has 0 aliphatic rings. The molecule has 2 rings (SSSR count). The van der Waals surface area contributed by atoms with Crippen LogP contribution in [0.25, 0.3) is 0 Å². The van der Waals surface area contributed by atoms with Gasteiger partial charge in [0, 0.05) is 0 Å². The third-order valence-corrected chi connectivity index (χ3v) is 5.26. The molecule has 0 saturated heterocycles. The van der Waals surface area contributed by atoms with Crippen molar-refractivity contribution >= 4 is 37.3 Å². The summed E-state index contributed by atoms with van der Waals surface area (Å²) >= 11 is 0. The first-order valence-electron chi connectivity index (χ1n) is 6.74. The lowest BCUT2D eigenvalue weighted by Crippen LogP contribution is -2.02. The Kier molecular flexibility index (Phi) is 4.95. The first-order valence-corrected chi connectivity index (χ1v) is 9.55. The van der Waals surface area contributed by atoms with Gasteiger partial charge in [-0.15, -0.1) is 5.11 Å². The zero-order valence-electron chi connectivity index (χ0n) is 13.1. The fourth-order valence-electron chi connectivity index (χ4n) is 2.08. The summed E-state index contributed by atoms with van der Waals surface area (Å²) in [7, 11) is -9.32. The smallest absolute Gasteiger partial charge is 0.124 e. The van der Waals surface area contributed by atoms with Crippen LogP contribution in [0.1, 0.15) is 11.1 Å². The fraction of sp³-hybridized carbons (Fsp3) is 0.143. The predicted octanol–water partition coefficient (Wildman–Crippen LogP) is 2.11. The van der Waals surface area contributed by atoms with Gasteiger partial charge in [-0.3, -0.25) is 0 Å². The van der Waals surface area contributed by atoms with Crippen LogP contribution in [0, 0.1) is 13.8 Å². The van der Waals surface area contributed by atoms with E-state index in [9.17, 15) is 25.9 Å². The van der Waals surface area contributed by atoms with Gasteiger partial charge in [-0.1, -0.05) is 6.07 Å². The first kappa shape index (κ1) is 19.0. The van der Waals surface area contributed by atoms with Gasteiger partial charge in [0.05, 0.1) is 21.2 Å². The second-order valence-corrected chi connectivity index (χ2v) is 7.93. The second-order valence-electron chi connectivity index (χ2n) is 5.23.